The van der Waals surface area contributed by atoms with Gasteiger partial charge in [-0.1, -0.05) is 48.5 Å². The number of carbonyl (C=O) groups is 1. The van der Waals surface area contributed by atoms with Crippen LogP contribution >= 0.6 is 11.3 Å². The predicted molar refractivity (Wildman–Crippen MR) is 178 cm³/mol. The van der Waals surface area contributed by atoms with E-state index in [1.54, 1.807) is 31.6 Å². The third kappa shape index (κ3) is 7.37. The molecule has 3 aromatic carbocycles. The number of nitrogens with one attached hydrogen (secondary N) is 3. The van der Waals surface area contributed by atoms with E-state index in [0.717, 1.165) is 61.9 Å². The van der Waals surface area contributed by atoms with Crippen LogP contribution in [0.15, 0.2) is 95.9 Å². The van der Waals surface area contributed by atoms with Gasteiger partial charge in [0.15, 0.2) is 5.43 Å². The number of hydrogen-bond donors (Lipinski definition) is 3. The van der Waals surface area contributed by atoms with Crippen molar-refractivity contribution in [1.82, 2.24) is 20.5 Å². The summed E-state index contributed by atoms with van der Waals surface area (Å²) in [4.78, 5) is 26.5. The third-order valence-corrected chi connectivity index (χ3v) is 8.97. The second kappa shape index (κ2) is 14.8. The van der Waals surface area contributed by atoms with E-state index in [0.29, 0.717) is 19.6 Å². The summed E-state index contributed by atoms with van der Waals surface area (Å²) in [6, 6.07) is 27.4. The largest absolute Gasteiger partial charge is 0.497 e. The zero-order valence-corrected chi connectivity index (χ0v) is 26.1. The minimum atomic E-state index is -0.0996. The van der Waals surface area contributed by atoms with Crippen LogP contribution in [0.1, 0.15) is 16.7 Å². The van der Waals surface area contributed by atoms with Crippen LogP contribution in [0.5, 0.6) is 11.5 Å². The quantitative estimate of drug-likeness (QED) is 0.230. The average Bonchev–Trinajstić information content (AvgIpc) is 3.44. The van der Waals surface area contributed by atoms with Crippen LogP contribution in [-0.2, 0) is 17.9 Å². The topological polar surface area (TPSA) is 93.6 Å². The smallest absolute Gasteiger partial charge is 0.238 e. The lowest BCUT2D eigenvalue weighted by atomic mass is 10.1. The third-order valence-electron chi connectivity index (χ3n) is 7.59. The van der Waals surface area contributed by atoms with Gasteiger partial charge in [-0.05, 0) is 53.9 Å². The SMILES string of the molecule is COc1ccc(-c2sc3c(c2C)c(=O)ccn3Cc2ccccc2OC)cc1.O=C(NCc1ccccc1)C1CNCCN1. The Morgan fingerprint density at radius 3 is 2.41 bits per heavy atom. The van der Waals surface area contributed by atoms with E-state index in [4.69, 9.17) is 9.47 Å². The molecule has 0 bridgehead atoms. The van der Waals surface area contributed by atoms with E-state index in [-0.39, 0.29) is 17.4 Å². The molecule has 5 aromatic rings. The second-order valence-electron chi connectivity index (χ2n) is 10.5. The molecule has 1 atom stereocenters. The lowest BCUT2D eigenvalue weighted by Gasteiger charge is -2.23. The highest BCUT2D eigenvalue weighted by molar-refractivity contribution is 7.22. The molecule has 6 rings (SSSR count). The first kappa shape index (κ1) is 31.0. The van der Waals surface area contributed by atoms with E-state index in [2.05, 4.69) is 20.5 Å². The van der Waals surface area contributed by atoms with Gasteiger partial charge in [0.2, 0.25) is 5.91 Å². The van der Waals surface area contributed by atoms with Gasteiger partial charge in [-0.3, -0.25) is 9.59 Å². The Morgan fingerprint density at radius 1 is 0.955 bits per heavy atom. The highest BCUT2D eigenvalue weighted by atomic mass is 32.1. The van der Waals surface area contributed by atoms with Gasteiger partial charge in [-0.15, -0.1) is 11.3 Å². The molecule has 1 saturated heterocycles. The Morgan fingerprint density at radius 2 is 1.70 bits per heavy atom. The first-order valence-corrected chi connectivity index (χ1v) is 15.4. The van der Waals surface area contributed by atoms with Crippen LogP contribution in [0, 0.1) is 6.92 Å². The van der Waals surface area contributed by atoms with Crippen LogP contribution in [0.25, 0.3) is 20.7 Å². The molecule has 1 amide bonds. The van der Waals surface area contributed by atoms with Crippen LogP contribution in [-0.4, -0.2) is 50.4 Å². The molecule has 1 unspecified atom stereocenters. The normalized spacial score (nSPS) is 14.4. The first-order valence-electron chi connectivity index (χ1n) is 14.6. The van der Waals surface area contributed by atoms with Gasteiger partial charge in [0.25, 0.3) is 0 Å². The van der Waals surface area contributed by atoms with Crippen molar-refractivity contribution in [2.24, 2.45) is 0 Å². The number of nitrogens with zero attached hydrogens (tertiary/aromatic N) is 1. The number of benzene rings is 3. The average molecular weight is 611 g/mol. The number of aromatic nitrogens is 1. The number of piperazine rings is 1. The molecule has 9 heteroatoms. The zero-order valence-electron chi connectivity index (χ0n) is 25.3. The van der Waals surface area contributed by atoms with Crippen LogP contribution in [0.3, 0.4) is 0 Å². The number of fused-ring (bicyclic) bond motifs is 1. The molecule has 8 nitrogen and oxygen atoms in total. The number of aryl methyl sites for hydroxylation is 1. The van der Waals surface area contributed by atoms with Gasteiger partial charge >= 0.3 is 0 Å². The van der Waals surface area contributed by atoms with E-state index in [9.17, 15) is 9.59 Å². The van der Waals surface area contributed by atoms with Crippen LogP contribution in [0.4, 0.5) is 0 Å². The molecule has 44 heavy (non-hydrogen) atoms. The summed E-state index contributed by atoms with van der Waals surface area (Å²) < 4.78 is 12.9. The lowest BCUT2D eigenvalue weighted by Crippen LogP contribution is -2.55. The van der Waals surface area contributed by atoms with Crippen LogP contribution in [0.2, 0.25) is 0 Å². The molecule has 1 fully saturated rings. The minimum absolute atomic E-state index is 0.0554. The van der Waals surface area contributed by atoms with Gasteiger partial charge in [0, 0.05) is 48.9 Å². The summed E-state index contributed by atoms with van der Waals surface area (Å²) in [7, 11) is 3.33. The first-order chi connectivity index (χ1) is 21.5. The molecular formula is C35H38N4O4S. The molecule has 3 heterocycles. The number of methoxy groups -OCH3 is 2. The van der Waals surface area contributed by atoms with Gasteiger partial charge in [-0.25, -0.2) is 0 Å². The number of amides is 1. The fourth-order valence-corrected chi connectivity index (χ4v) is 6.51. The van der Waals surface area contributed by atoms with E-state index in [1.165, 1.54) is 0 Å². The van der Waals surface area contributed by atoms with Crippen LogP contribution < -0.4 is 30.9 Å². The number of thiophene rings is 1. The summed E-state index contributed by atoms with van der Waals surface area (Å²) in [5.74, 6) is 1.73. The highest BCUT2D eigenvalue weighted by Gasteiger charge is 2.19. The molecule has 3 N–H and O–H groups in total. The molecule has 2 aromatic heterocycles. The standard InChI is InChI=1S/C23H21NO3S.C12H17N3O/c1-15-21-19(25)12-13-24(14-17-6-4-5-7-20(17)27-3)23(21)28-22(15)16-8-10-18(26-2)11-9-16;16-12(11-9-13-6-7-14-11)15-8-10-4-2-1-3-5-10/h4-13H,14H2,1-3H3;1-5,11,13-14H,6-9H2,(H,15,16). The Balaban J connectivity index is 0.000000204. The van der Waals surface area contributed by atoms with Crippen molar-refractivity contribution in [3.8, 4) is 21.9 Å². The summed E-state index contributed by atoms with van der Waals surface area (Å²) in [5.41, 5.74) is 4.36. The minimum Gasteiger partial charge on any atom is -0.497 e. The number of carbonyl (C=O) groups excluding carboxylic acids is 1. The maximum atomic E-state index is 12.6. The summed E-state index contributed by atoms with van der Waals surface area (Å²) in [6.45, 7) is 5.75. The van der Waals surface area contributed by atoms with Crippen molar-refractivity contribution in [2.75, 3.05) is 33.9 Å². The summed E-state index contributed by atoms with van der Waals surface area (Å²) in [6.07, 6.45) is 1.87. The fraction of sp³-hybridized carbons (Fsp3) is 0.257. The van der Waals surface area contributed by atoms with Gasteiger partial charge in [0.05, 0.1) is 32.2 Å². The Hall–Kier alpha value is -4.44. The van der Waals surface area contributed by atoms with E-state index < -0.39 is 0 Å². The molecular weight excluding hydrogens is 572 g/mol. The molecule has 0 radical (unpaired) electrons. The molecule has 228 valence electrons. The molecule has 1 aliphatic rings. The molecule has 0 aliphatic carbocycles. The van der Waals surface area contributed by atoms with Crippen molar-refractivity contribution >= 4 is 27.5 Å². The van der Waals surface area contributed by atoms with Crippen molar-refractivity contribution in [2.45, 2.75) is 26.1 Å². The van der Waals surface area contributed by atoms with Gasteiger partial charge < -0.3 is 30.0 Å². The van der Waals surface area contributed by atoms with E-state index in [1.807, 2.05) is 92.0 Å². The van der Waals surface area contributed by atoms with E-state index >= 15 is 0 Å². The fourth-order valence-electron chi connectivity index (χ4n) is 5.21. The second-order valence-corrected chi connectivity index (χ2v) is 11.5. The Bertz CT molecular complexity index is 1740. The maximum absolute atomic E-state index is 12.6. The number of para-hydroxylation sites is 1. The zero-order chi connectivity index (χ0) is 30.9. The lowest BCUT2D eigenvalue weighted by molar-refractivity contribution is -0.123. The maximum Gasteiger partial charge on any atom is 0.238 e. The molecule has 0 saturated carbocycles. The van der Waals surface area contributed by atoms with Gasteiger partial charge in [-0.2, -0.15) is 0 Å². The monoisotopic (exact) mass is 610 g/mol. The Labute approximate surface area is 261 Å². The number of hydrogen-bond acceptors (Lipinski definition) is 7. The number of ether oxygens (including phenoxy) is 2. The van der Waals surface area contributed by atoms with Crippen molar-refractivity contribution in [1.29, 1.82) is 0 Å². The predicted octanol–water partition coefficient (Wildman–Crippen LogP) is 4.97. The number of pyridine rings is 1. The van der Waals surface area contributed by atoms with Gasteiger partial charge in [0.1, 0.15) is 16.3 Å². The molecule has 0 spiro atoms. The van der Waals surface area contributed by atoms with Crippen molar-refractivity contribution in [3.63, 3.8) is 0 Å². The van der Waals surface area contributed by atoms with Crippen molar-refractivity contribution < 1.29 is 14.3 Å². The highest BCUT2D eigenvalue weighted by Crippen LogP contribution is 2.37. The molecule has 1 aliphatic heterocycles. The van der Waals surface area contributed by atoms with Crippen molar-refractivity contribution in [3.05, 3.63) is 118 Å². The summed E-state index contributed by atoms with van der Waals surface area (Å²) >= 11 is 1.65. The number of rotatable bonds is 8. The summed E-state index contributed by atoms with van der Waals surface area (Å²) in [5, 5.41) is 10.1. The Kier molecular flexibility index (Phi) is 10.5.